The first kappa shape index (κ1) is 26.5. The molecule has 2 saturated heterocycles. The topological polar surface area (TPSA) is 90.9 Å². The first-order chi connectivity index (χ1) is 16.3. The minimum absolute atomic E-state index is 0.0378. The first-order valence-electron chi connectivity index (χ1n) is 12.4. The van der Waals surface area contributed by atoms with E-state index in [1.165, 1.54) is 12.1 Å². The van der Waals surface area contributed by atoms with Gasteiger partial charge in [-0.05, 0) is 43.4 Å². The second-order valence-corrected chi connectivity index (χ2v) is 9.43. The van der Waals surface area contributed by atoms with Crippen LogP contribution in [-0.2, 0) is 20.7 Å². The van der Waals surface area contributed by atoms with E-state index in [1.807, 2.05) is 6.92 Å². The van der Waals surface area contributed by atoms with Gasteiger partial charge in [-0.2, -0.15) is 0 Å². The molecule has 3 N–H and O–H groups in total. The zero-order valence-electron chi connectivity index (χ0n) is 20.1. The van der Waals surface area contributed by atoms with Gasteiger partial charge in [0.25, 0.3) is 0 Å². The highest BCUT2D eigenvalue weighted by Crippen LogP contribution is 2.22. The molecule has 5 atom stereocenters. The van der Waals surface area contributed by atoms with E-state index in [-0.39, 0.29) is 36.8 Å². The maximum absolute atomic E-state index is 13.8. The molecule has 0 saturated carbocycles. The lowest BCUT2D eigenvalue weighted by Gasteiger charge is -2.29. The van der Waals surface area contributed by atoms with Crippen molar-refractivity contribution in [3.63, 3.8) is 0 Å². The first-order valence-corrected chi connectivity index (χ1v) is 12.4. The Morgan fingerprint density at radius 3 is 2.68 bits per heavy atom. The second kappa shape index (κ2) is 12.6. The van der Waals surface area contributed by atoms with Crippen molar-refractivity contribution in [2.75, 3.05) is 26.2 Å². The van der Waals surface area contributed by atoms with Crippen LogP contribution in [0.3, 0.4) is 0 Å². The molecular weight excluding hydrogens is 444 g/mol. The molecule has 2 fully saturated rings. The lowest BCUT2D eigenvalue weighted by molar-refractivity contribution is -0.129. The quantitative estimate of drug-likeness (QED) is 0.398. The molecule has 34 heavy (non-hydrogen) atoms. The number of unbranched alkanes of at least 4 members (excludes halogenated alkanes) is 1. The third kappa shape index (κ3) is 7.20. The normalized spacial score (nSPS) is 24.4. The molecule has 2 heterocycles. The van der Waals surface area contributed by atoms with E-state index in [2.05, 4.69) is 17.6 Å². The van der Waals surface area contributed by atoms with Crippen LogP contribution in [0.1, 0.15) is 51.5 Å². The number of carbonyl (C=O) groups is 2. The Kier molecular flexibility index (Phi) is 9.79. The summed E-state index contributed by atoms with van der Waals surface area (Å²) in [5, 5.41) is 17.3. The third-order valence-electron chi connectivity index (χ3n) is 6.58. The van der Waals surface area contributed by atoms with Gasteiger partial charge < -0.3 is 25.4 Å². The minimum atomic E-state index is -1.00. The van der Waals surface area contributed by atoms with Crippen LogP contribution in [0.2, 0.25) is 0 Å². The van der Waals surface area contributed by atoms with Gasteiger partial charge >= 0.3 is 0 Å². The van der Waals surface area contributed by atoms with Crippen LogP contribution in [0.25, 0.3) is 0 Å². The smallest absolute Gasteiger partial charge is 0.225 e. The lowest BCUT2D eigenvalue weighted by atomic mass is 9.94. The van der Waals surface area contributed by atoms with Gasteiger partial charge in [0.15, 0.2) is 0 Å². The summed E-state index contributed by atoms with van der Waals surface area (Å²) in [7, 11) is 0. The summed E-state index contributed by atoms with van der Waals surface area (Å²) < 4.78 is 33.4. The number of hydrogen-bond acceptors (Lipinski definition) is 5. The van der Waals surface area contributed by atoms with Crippen molar-refractivity contribution in [1.82, 2.24) is 15.5 Å². The number of aliphatic hydroxyl groups is 1. The van der Waals surface area contributed by atoms with Crippen molar-refractivity contribution in [3.8, 4) is 0 Å². The third-order valence-corrected chi connectivity index (χ3v) is 6.58. The van der Waals surface area contributed by atoms with E-state index in [0.717, 1.165) is 25.3 Å². The van der Waals surface area contributed by atoms with Gasteiger partial charge in [-0.1, -0.05) is 20.3 Å². The highest BCUT2D eigenvalue weighted by molar-refractivity contribution is 5.89. The molecule has 1 aromatic rings. The Labute approximate surface area is 200 Å². The summed E-state index contributed by atoms with van der Waals surface area (Å²) in [6, 6.07) is 2.08. The van der Waals surface area contributed by atoms with Crippen LogP contribution in [0, 0.1) is 17.6 Å². The number of halogens is 2. The number of rotatable bonds is 12. The Morgan fingerprint density at radius 2 is 2.00 bits per heavy atom. The average Bonchev–Trinajstić information content (AvgIpc) is 3.39. The summed E-state index contributed by atoms with van der Waals surface area (Å²) in [5.41, 5.74) is 0.339. The number of nitrogens with one attached hydrogen (secondary N) is 2. The molecule has 0 bridgehead atoms. The van der Waals surface area contributed by atoms with E-state index in [0.29, 0.717) is 38.2 Å². The fourth-order valence-electron chi connectivity index (χ4n) is 4.77. The van der Waals surface area contributed by atoms with Crippen LogP contribution in [0.5, 0.6) is 0 Å². The average molecular weight is 482 g/mol. The second-order valence-electron chi connectivity index (χ2n) is 9.43. The molecule has 0 spiro atoms. The fraction of sp³-hybridized carbons (Fsp3) is 0.680. The van der Waals surface area contributed by atoms with Gasteiger partial charge in [-0.3, -0.25) is 9.59 Å². The molecule has 2 amide bonds. The van der Waals surface area contributed by atoms with Crippen molar-refractivity contribution in [2.45, 2.75) is 76.7 Å². The molecule has 2 aliphatic heterocycles. The number of amides is 2. The van der Waals surface area contributed by atoms with Crippen LogP contribution in [0.4, 0.5) is 8.78 Å². The summed E-state index contributed by atoms with van der Waals surface area (Å²) in [6.07, 6.45) is 2.51. The monoisotopic (exact) mass is 481 g/mol. The van der Waals surface area contributed by atoms with E-state index in [4.69, 9.17) is 4.74 Å². The number of benzene rings is 1. The van der Waals surface area contributed by atoms with Gasteiger partial charge in [-0.15, -0.1) is 0 Å². The molecule has 7 nitrogen and oxygen atoms in total. The Balaban J connectivity index is 1.69. The van der Waals surface area contributed by atoms with Gasteiger partial charge in [0.1, 0.15) is 11.6 Å². The zero-order valence-corrected chi connectivity index (χ0v) is 20.1. The number of likely N-dealkylation sites (tertiary alicyclic amines) is 1. The van der Waals surface area contributed by atoms with E-state index in [1.54, 1.807) is 4.90 Å². The molecule has 0 aromatic heterocycles. The van der Waals surface area contributed by atoms with Crippen molar-refractivity contribution >= 4 is 11.8 Å². The van der Waals surface area contributed by atoms with Crippen LogP contribution < -0.4 is 10.6 Å². The maximum Gasteiger partial charge on any atom is 0.225 e. The summed E-state index contributed by atoms with van der Waals surface area (Å²) in [5.74, 6) is -2.33. The number of ether oxygens (including phenoxy) is 1. The SMILES string of the molecule is CCCCO[C@H]1CN[C@@H]([C@@H](O)[C@H](Cc2cc(F)cc(F)c2)NC(=O)C2CC(=O)N(CCC)C2)C1. The predicted octanol–water partition coefficient (Wildman–Crippen LogP) is 2.16. The molecule has 2 aliphatic rings. The van der Waals surface area contributed by atoms with Crippen LogP contribution in [0.15, 0.2) is 18.2 Å². The molecule has 3 rings (SSSR count). The number of hydrogen-bond donors (Lipinski definition) is 3. The fourth-order valence-corrected chi connectivity index (χ4v) is 4.77. The molecule has 1 aromatic carbocycles. The van der Waals surface area contributed by atoms with Gasteiger partial charge in [0.2, 0.25) is 11.8 Å². The molecule has 190 valence electrons. The maximum atomic E-state index is 13.8. The largest absolute Gasteiger partial charge is 0.389 e. The zero-order chi connectivity index (χ0) is 24.7. The Bertz CT molecular complexity index is 820. The number of nitrogens with zero attached hydrogens (tertiary/aromatic N) is 1. The van der Waals surface area contributed by atoms with Crippen molar-refractivity contribution < 1.29 is 28.2 Å². The predicted molar refractivity (Wildman–Crippen MR) is 124 cm³/mol. The lowest BCUT2D eigenvalue weighted by Crippen LogP contribution is -2.53. The summed E-state index contributed by atoms with van der Waals surface area (Å²) in [4.78, 5) is 26.9. The Hall–Kier alpha value is -2.10. The summed E-state index contributed by atoms with van der Waals surface area (Å²) >= 11 is 0. The van der Waals surface area contributed by atoms with E-state index >= 15 is 0 Å². The Morgan fingerprint density at radius 1 is 1.26 bits per heavy atom. The van der Waals surface area contributed by atoms with Crippen molar-refractivity contribution in [2.24, 2.45) is 5.92 Å². The molecule has 0 aliphatic carbocycles. The van der Waals surface area contributed by atoms with Crippen molar-refractivity contribution in [1.29, 1.82) is 0 Å². The van der Waals surface area contributed by atoms with E-state index in [9.17, 15) is 23.5 Å². The minimum Gasteiger partial charge on any atom is -0.389 e. The van der Waals surface area contributed by atoms with E-state index < -0.39 is 29.7 Å². The molecule has 0 radical (unpaired) electrons. The van der Waals surface area contributed by atoms with Gasteiger partial charge in [0, 0.05) is 44.8 Å². The summed E-state index contributed by atoms with van der Waals surface area (Å²) in [6.45, 7) is 6.24. The standard InChI is InChI=1S/C25H37F2N3O4/c1-3-5-7-34-20-13-21(28-14-20)24(32)22(10-16-8-18(26)12-19(27)9-16)29-25(33)17-11-23(31)30(15-17)6-4-2/h8-9,12,17,20-22,24,28,32H,3-7,10-11,13-15H2,1-2H3,(H,29,33)/t17?,20-,21-,22+,24-/m1/s1. The highest BCUT2D eigenvalue weighted by Gasteiger charge is 2.38. The number of carbonyl (C=O) groups excluding carboxylic acids is 2. The van der Waals surface area contributed by atoms with Gasteiger partial charge in [0.05, 0.1) is 24.2 Å². The molecular formula is C25H37F2N3O4. The molecule has 1 unspecified atom stereocenters. The van der Waals surface area contributed by atoms with Crippen molar-refractivity contribution in [3.05, 3.63) is 35.4 Å². The molecule has 9 heteroatoms. The van der Waals surface area contributed by atoms with Crippen LogP contribution in [-0.4, -0.2) is 72.4 Å². The highest BCUT2D eigenvalue weighted by atomic mass is 19.1. The van der Waals surface area contributed by atoms with Crippen LogP contribution >= 0.6 is 0 Å². The van der Waals surface area contributed by atoms with Gasteiger partial charge in [-0.25, -0.2) is 8.78 Å². The number of aliphatic hydroxyl groups excluding tert-OH is 1.